The van der Waals surface area contributed by atoms with Gasteiger partial charge in [0.25, 0.3) is 6.71 Å². The second kappa shape index (κ2) is 18.0. The molecule has 0 saturated carbocycles. The maximum Gasteiger partial charge on any atom is 0.256 e. The lowest BCUT2D eigenvalue weighted by Gasteiger charge is -2.42. The van der Waals surface area contributed by atoms with E-state index in [-0.39, 0.29) is 12.1 Å². The van der Waals surface area contributed by atoms with Crippen molar-refractivity contribution in [2.75, 3.05) is 4.90 Å². The molecule has 16 rings (SSSR count). The summed E-state index contributed by atoms with van der Waals surface area (Å²) in [5.74, 6) is 1.81. The lowest BCUT2D eigenvalue weighted by atomic mass is 9.34. The molecular weight excluding hydrogens is 990 g/mol. The summed E-state index contributed by atoms with van der Waals surface area (Å²) in [6, 6.07) is 86.2. The van der Waals surface area contributed by atoms with Gasteiger partial charge in [-0.3, -0.25) is 0 Å². The molecule has 6 heteroatoms. The molecule has 80 heavy (non-hydrogen) atoms. The maximum absolute atomic E-state index is 7.52. The minimum absolute atomic E-state index is 0.109. The van der Waals surface area contributed by atoms with Crippen molar-refractivity contribution in [2.45, 2.75) is 52.4 Å². The van der Waals surface area contributed by atoms with E-state index in [1.54, 1.807) is 0 Å². The van der Waals surface area contributed by atoms with Gasteiger partial charge in [0.05, 0.1) is 27.8 Å². The van der Waals surface area contributed by atoms with Crippen molar-refractivity contribution in [3.05, 3.63) is 242 Å². The van der Waals surface area contributed by atoms with Crippen LogP contribution in [0.15, 0.2) is 231 Å². The van der Waals surface area contributed by atoms with Crippen molar-refractivity contribution < 1.29 is 4.74 Å². The average molecular weight is 1050 g/mol. The minimum Gasteiger partial charge on any atom is -0.458 e. The molecular formula is C74H56BN3OS. The Morgan fingerprint density at radius 2 is 1.02 bits per heavy atom. The summed E-state index contributed by atoms with van der Waals surface area (Å²) in [6.07, 6.45) is 3.17. The van der Waals surface area contributed by atoms with Crippen molar-refractivity contribution in [1.29, 1.82) is 0 Å². The SMILES string of the molecule is CCCCc1ccc2sc3ccccc3c2c1N1c2cc(-n3c4ccccc4c4cc(-c5ccccc5)ccc43)ccc2B2c3ccc(-n4c5ccccc5c5cc(-c6ccccc6)ccc54)cc3Oc3cc(C(C)(C)C)cc1c32. The van der Waals surface area contributed by atoms with Gasteiger partial charge in [0.2, 0.25) is 0 Å². The first kappa shape index (κ1) is 47.0. The smallest absolute Gasteiger partial charge is 0.256 e. The molecule has 2 aliphatic rings. The first-order valence-electron chi connectivity index (χ1n) is 28.3. The number of rotatable bonds is 8. The molecule has 2 aliphatic heterocycles. The van der Waals surface area contributed by atoms with Crippen LogP contribution in [0.25, 0.3) is 97.4 Å². The second-order valence-corrected chi connectivity index (χ2v) is 24.1. The van der Waals surface area contributed by atoms with Gasteiger partial charge in [0.1, 0.15) is 11.5 Å². The number of anilines is 3. The molecule has 0 radical (unpaired) electrons. The van der Waals surface area contributed by atoms with Crippen LogP contribution in [0, 0.1) is 0 Å². The fourth-order valence-electron chi connectivity index (χ4n) is 13.5. The van der Waals surface area contributed by atoms with Gasteiger partial charge in [-0.15, -0.1) is 11.3 Å². The highest BCUT2D eigenvalue weighted by atomic mass is 32.1. The van der Waals surface area contributed by atoms with Crippen molar-refractivity contribution >= 4 is 115 Å². The summed E-state index contributed by atoms with van der Waals surface area (Å²) < 4.78 is 15.0. The van der Waals surface area contributed by atoms with Gasteiger partial charge in [-0.25, -0.2) is 0 Å². The molecule has 0 bridgehead atoms. The molecule has 4 nitrogen and oxygen atoms in total. The van der Waals surface area contributed by atoms with E-state index < -0.39 is 0 Å². The fourth-order valence-corrected chi connectivity index (χ4v) is 14.6. The summed E-state index contributed by atoms with van der Waals surface area (Å²) in [4.78, 5) is 2.68. The van der Waals surface area contributed by atoms with E-state index >= 15 is 0 Å². The number of thiophene rings is 1. The number of fused-ring (bicyclic) bond motifs is 13. The zero-order chi connectivity index (χ0) is 53.4. The Hall–Kier alpha value is -9.10. The molecule has 14 aromatic rings. The molecule has 0 N–H and O–H groups in total. The van der Waals surface area contributed by atoms with Crippen LogP contribution in [-0.2, 0) is 11.8 Å². The molecule has 5 heterocycles. The third kappa shape index (κ3) is 7.14. The number of unbranched alkanes of at least 4 members (excludes halogenated alkanes) is 1. The summed E-state index contributed by atoms with van der Waals surface area (Å²) in [5, 5.41) is 7.56. The summed E-state index contributed by atoms with van der Waals surface area (Å²) >= 11 is 1.90. The Kier molecular flexibility index (Phi) is 10.5. The number of benzene rings is 11. The van der Waals surface area contributed by atoms with Crippen LogP contribution in [-0.4, -0.2) is 15.8 Å². The van der Waals surface area contributed by atoms with Gasteiger partial charge < -0.3 is 18.8 Å². The number of ether oxygens (including phenoxy) is 1. The third-order valence-corrected chi connectivity index (χ3v) is 18.4. The molecule has 0 unspecified atom stereocenters. The predicted octanol–water partition coefficient (Wildman–Crippen LogP) is 18.6. The van der Waals surface area contributed by atoms with E-state index in [0.29, 0.717) is 0 Å². The van der Waals surface area contributed by atoms with Crippen molar-refractivity contribution in [3.8, 4) is 45.1 Å². The topological polar surface area (TPSA) is 22.3 Å². The zero-order valence-corrected chi connectivity index (χ0v) is 46.1. The van der Waals surface area contributed by atoms with Crippen molar-refractivity contribution in [1.82, 2.24) is 9.13 Å². The summed E-state index contributed by atoms with van der Waals surface area (Å²) in [5.41, 5.74) is 21.5. The predicted molar refractivity (Wildman–Crippen MR) is 342 cm³/mol. The van der Waals surface area contributed by atoms with E-state index in [1.807, 2.05) is 11.3 Å². The number of hydrogen-bond acceptors (Lipinski definition) is 3. The van der Waals surface area contributed by atoms with Crippen LogP contribution >= 0.6 is 11.3 Å². The Labute approximate surface area is 470 Å². The van der Waals surface area contributed by atoms with E-state index in [2.05, 4.69) is 272 Å². The molecule has 0 atom stereocenters. The molecule has 0 spiro atoms. The first-order valence-corrected chi connectivity index (χ1v) is 29.1. The van der Waals surface area contributed by atoms with Crippen LogP contribution in [0.3, 0.4) is 0 Å². The Morgan fingerprint density at radius 3 is 1.66 bits per heavy atom. The number of aromatic nitrogens is 2. The molecule has 11 aromatic carbocycles. The van der Waals surface area contributed by atoms with Gasteiger partial charge in [0, 0.05) is 70.5 Å². The van der Waals surface area contributed by atoms with Crippen LogP contribution in [0.5, 0.6) is 11.5 Å². The Balaban J connectivity index is 0.963. The highest BCUT2D eigenvalue weighted by Gasteiger charge is 2.44. The van der Waals surface area contributed by atoms with Crippen LogP contribution in [0.1, 0.15) is 51.7 Å². The monoisotopic (exact) mass is 1050 g/mol. The van der Waals surface area contributed by atoms with Gasteiger partial charge >= 0.3 is 0 Å². The lowest BCUT2D eigenvalue weighted by Crippen LogP contribution is -2.59. The number of nitrogens with zero attached hydrogens (tertiary/aromatic N) is 3. The summed E-state index contributed by atoms with van der Waals surface area (Å²) in [6.45, 7) is 9.21. The number of para-hydroxylation sites is 2. The van der Waals surface area contributed by atoms with Gasteiger partial charge in [-0.2, -0.15) is 0 Å². The first-order chi connectivity index (χ1) is 39.3. The van der Waals surface area contributed by atoms with Crippen molar-refractivity contribution in [3.63, 3.8) is 0 Å². The maximum atomic E-state index is 7.52. The normalized spacial score (nSPS) is 12.9. The van der Waals surface area contributed by atoms with Crippen molar-refractivity contribution in [2.24, 2.45) is 0 Å². The van der Waals surface area contributed by atoms with Crippen LogP contribution < -0.4 is 26.0 Å². The number of aryl methyl sites for hydroxylation is 1. The largest absolute Gasteiger partial charge is 0.458 e. The molecule has 0 fully saturated rings. The quantitative estimate of drug-likeness (QED) is 0.142. The lowest BCUT2D eigenvalue weighted by molar-refractivity contribution is 0.483. The average Bonchev–Trinajstić information content (AvgIpc) is 4.30. The number of hydrogen-bond donors (Lipinski definition) is 0. The molecule has 0 aliphatic carbocycles. The zero-order valence-electron chi connectivity index (χ0n) is 45.3. The molecule has 382 valence electrons. The molecule has 3 aromatic heterocycles. The fraction of sp³-hybridized carbons (Fsp3) is 0.108. The van der Waals surface area contributed by atoms with E-state index in [0.717, 1.165) is 42.1 Å². The Bertz CT molecular complexity index is 4850. The highest BCUT2D eigenvalue weighted by Crippen LogP contribution is 2.51. The standard InChI is InChI=1S/C74H56BN3OS/c1-5-6-19-48-32-39-70-71(56-26-15-18-29-69(56)80-70)73(48)78-65-44-52(76-61-27-16-13-24-54(61)57-40-49(30-37-63(57)76)46-20-9-7-10-21-46)33-35-59(65)75-60-36-34-53(45-67(60)79-68-43-51(74(2,3)4)42-66(78)72(68)75)77-62-28-17-14-25-55(62)58-41-50(31-38-64(58)77)47-22-11-8-12-23-47/h7-18,20-45H,5-6,19H2,1-4H3. The highest BCUT2D eigenvalue weighted by molar-refractivity contribution is 7.26. The Morgan fingerprint density at radius 1 is 0.450 bits per heavy atom. The van der Waals surface area contributed by atoms with Gasteiger partial charge in [-0.1, -0.05) is 180 Å². The summed E-state index contributed by atoms with van der Waals surface area (Å²) in [7, 11) is 0. The second-order valence-electron chi connectivity index (χ2n) is 23.0. The molecule has 0 saturated heterocycles. The van der Waals surface area contributed by atoms with Crippen LogP contribution in [0.4, 0.5) is 17.1 Å². The van der Waals surface area contributed by atoms with Gasteiger partial charge in [-0.05, 0) is 147 Å². The molecule has 0 amide bonds. The van der Waals surface area contributed by atoms with E-state index in [9.17, 15) is 0 Å². The van der Waals surface area contributed by atoms with Crippen LogP contribution in [0.2, 0.25) is 0 Å². The van der Waals surface area contributed by atoms with E-state index in [1.165, 1.54) is 131 Å². The minimum atomic E-state index is -0.185. The van der Waals surface area contributed by atoms with E-state index in [4.69, 9.17) is 4.74 Å². The third-order valence-electron chi connectivity index (χ3n) is 17.3. The van der Waals surface area contributed by atoms with Gasteiger partial charge in [0.15, 0.2) is 0 Å².